The van der Waals surface area contributed by atoms with Crippen LogP contribution in [0.5, 0.6) is 0 Å². The second kappa shape index (κ2) is 12.8. The Morgan fingerprint density at radius 1 is 0.833 bits per heavy atom. The highest BCUT2D eigenvalue weighted by atomic mass is 35.5. The Bertz CT molecular complexity index is 1240. The molecule has 0 N–H and O–H groups in total. The topological polar surface area (TPSA) is 21.1 Å². The van der Waals surface area contributed by atoms with E-state index in [9.17, 15) is 4.39 Å². The second-order valence-corrected chi connectivity index (χ2v) is 9.68. The first-order chi connectivity index (χ1) is 17.6. The van der Waals surface area contributed by atoms with Crippen LogP contribution in [0.2, 0.25) is 5.02 Å². The Morgan fingerprint density at radius 3 is 2.14 bits per heavy atom. The normalized spacial score (nSPS) is 11.4. The van der Waals surface area contributed by atoms with Crippen LogP contribution in [0, 0.1) is 5.82 Å². The van der Waals surface area contributed by atoms with Crippen molar-refractivity contribution in [2.75, 3.05) is 6.54 Å². The lowest BCUT2D eigenvalue weighted by Crippen LogP contribution is -2.26. The third kappa shape index (κ3) is 6.43. The molecule has 36 heavy (non-hydrogen) atoms. The zero-order valence-electron chi connectivity index (χ0n) is 21.3. The van der Waals surface area contributed by atoms with Crippen LogP contribution < -0.4 is 0 Å². The average molecular weight is 504 g/mol. The molecule has 4 aromatic rings. The van der Waals surface area contributed by atoms with Crippen LogP contribution in [0.3, 0.4) is 0 Å². The Balaban J connectivity index is 1.80. The summed E-state index contributed by atoms with van der Waals surface area (Å²) in [6.07, 6.45) is 4.37. The van der Waals surface area contributed by atoms with Crippen molar-refractivity contribution in [3.63, 3.8) is 0 Å². The van der Waals surface area contributed by atoms with Gasteiger partial charge < -0.3 is 4.57 Å². The van der Waals surface area contributed by atoms with Crippen LogP contribution in [0.1, 0.15) is 50.8 Å². The van der Waals surface area contributed by atoms with Crippen molar-refractivity contribution >= 4 is 11.6 Å². The van der Waals surface area contributed by atoms with Crippen molar-refractivity contribution in [1.82, 2.24) is 14.5 Å². The first kappa shape index (κ1) is 26.1. The number of unbranched alkanes of at least 4 members (excludes halogenated alkanes) is 2. The summed E-state index contributed by atoms with van der Waals surface area (Å²) in [5.74, 6) is 0.702. The minimum Gasteiger partial charge on any atom is -0.326 e. The summed E-state index contributed by atoms with van der Waals surface area (Å²) >= 11 is 6.44. The van der Waals surface area contributed by atoms with Gasteiger partial charge in [-0.15, -0.1) is 0 Å². The van der Waals surface area contributed by atoms with Gasteiger partial charge in [-0.25, -0.2) is 9.37 Å². The highest BCUT2D eigenvalue weighted by Gasteiger charge is 2.22. The van der Waals surface area contributed by atoms with Gasteiger partial charge in [-0.2, -0.15) is 0 Å². The molecule has 0 unspecified atom stereocenters. The van der Waals surface area contributed by atoms with E-state index in [0.29, 0.717) is 11.6 Å². The molecule has 0 bridgehead atoms. The van der Waals surface area contributed by atoms with E-state index in [0.717, 1.165) is 73.5 Å². The highest BCUT2D eigenvalue weighted by Crippen LogP contribution is 2.32. The van der Waals surface area contributed by atoms with E-state index in [1.807, 2.05) is 12.1 Å². The summed E-state index contributed by atoms with van der Waals surface area (Å²) in [7, 11) is 0. The van der Waals surface area contributed by atoms with Crippen LogP contribution in [0.25, 0.3) is 22.6 Å². The maximum atomic E-state index is 13.7. The van der Waals surface area contributed by atoms with E-state index in [2.05, 4.69) is 71.8 Å². The number of hydrogen-bond donors (Lipinski definition) is 0. The standard InChI is InChI=1S/C31H35ClFN3/c1-3-5-19-35(22-26-17-18-27(33)21-28(26)32)23-29-30(24-13-9-7-10-14-24)34-31(36(29)20-6-4-2)25-15-11-8-12-16-25/h7-18,21H,3-6,19-20,22-23H2,1-2H3. The molecule has 0 radical (unpaired) electrons. The van der Waals surface area contributed by atoms with Gasteiger partial charge in [0.05, 0.1) is 11.4 Å². The van der Waals surface area contributed by atoms with Crippen LogP contribution in [0.15, 0.2) is 78.9 Å². The summed E-state index contributed by atoms with van der Waals surface area (Å²) in [4.78, 5) is 7.65. The molecule has 0 aliphatic rings. The van der Waals surface area contributed by atoms with Gasteiger partial charge >= 0.3 is 0 Å². The number of halogens is 2. The number of rotatable bonds is 12. The van der Waals surface area contributed by atoms with Crippen molar-refractivity contribution in [2.24, 2.45) is 0 Å². The molecule has 0 saturated carbocycles. The fraction of sp³-hybridized carbons (Fsp3) is 0.323. The second-order valence-electron chi connectivity index (χ2n) is 9.27. The van der Waals surface area contributed by atoms with Gasteiger partial charge in [0.15, 0.2) is 0 Å². The summed E-state index contributed by atoms with van der Waals surface area (Å²) in [6.45, 7) is 7.67. The molecule has 188 valence electrons. The minimum atomic E-state index is -0.305. The Labute approximate surface area is 219 Å². The van der Waals surface area contributed by atoms with Crippen LogP contribution >= 0.6 is 11.6 Å². The van der Waals surface area contributed by atoms with E-state index in [-0.39, 0.29) is 5.82 Å². The summed E-state index contributed by atoms with van der Waals surface area (Å²) in [6, 6.07) is 25.6. The van der Waals surface area contributed by atoms with Crippen molar-refractivity contribution < 1.29 is 4.39 Å². The molecule has 4 rings (SSSR count). The molecule has 1 heterocycles. The van der Waals surface area contributed by atoms with Crippen LogP contribution in [-0.4, -0.2) is 21.0 Å². The van der Waals surface area contributed by atoms with E-state index in [4.69, 9.17) is 16.6 Å². The van der Waals surface area contributed by atoms with E-state index < -0.39 is 0 Å². The maximum Gasteiger partial charge on any atom is 0.140 e. The Hall–Kier alpha value is -2.95. The highest BCUT2D eigenvalue weighted by molar-refractivity contribution is 6.31. The molecule has 5 heteroatoms. The smallest absolute Gasteiger partial charge is 0.140 e. The third-order valence-corrected chi connectivity index (χ3v) is 6.85. The summed E-state index contributed by atoms with van der Waals surface area (Å²) in [5.41, 5.74) is 5.42. The van der Waals surface area contributed by atoms with Crippen LogP contribution in [-0.2, 0) is 19.6 Å². The molecule has 0 aliphatic heterocycles. The number of aromatic nitrogens is 2. The molecule has 1 aromatic heterocycles. The summed E-state index contributed by atoms with van der Waals surface area (Å²) in [5, 5.41) is 0.476. The Morgan fingerprint density at radius 2 is 1.50 bits per heavy atom. The zero-order chi connectivity index (χ0) is 25.3. The maximum absolute atomic E-state index is 13.7. The van der Waals surface area contributed by atoms with Crippen molar-refractivity contribution in [1.29, 1.82) is 0 Å². The first-order valence-electron chi connectivity index (χ1n) is 13.0. The van der Waals surface area contributed by atoms with Gasteiger partial charge in [-0.3, -0.25) is 4.90 Å². The fourth-order valence-electron chi connectivity index (χ4n) is 4.54. The predicted octanol–water partition coefficient (Wildman–Crippen LogP) is 8.61. The van der Waals surface area contributed by atoms with Crippen molar-refractivity contribution in [3.05, 3.63) is 101 Å². The zero-order valence-corrected chi connectivity index (χ0v) is 22.0. The minimum absolute atomic E-state index is 0.305. The lowest BCUT2D eigenvalue weighted by molar-refractivity contribution is 0.246. The molecule has 0 amide bonds. The lowest BCUT2D eigenvalue weighted by Gasteiger charge is -2.24. The molecule has 0 spiro atoms. The van der Waals surface area contributed by atoms with E-state index in [1.165, 1.54) is 17.8 Å². The van der Waals surface area contributed by atoms with Crippen LogP contribution in [0.4, 0.5) is 4.39 Å². The first-order valence-corrected chi connectivity index (χ1v) is 13.3. The quantitative estimate of drug-likeness (QED) is 0.193. The lowest BCUT2D eigenvalue weighted by atomic mass is 10.1. The number of nitrogens with zero attached hydrogens (tertiary/aromatic N) is 3. The van der Waals surface area contributed by atoms with Gasteiger partial charge in [-0.05, 0) is 37.1 Å². The molecule has 0 saturated heterocycles. The van der Waals surface area contributed by atoms with E-state index in [1.54, 1.807) is 6.07 Å². The number of imidazole rings is 1. The molecule has 0 fully saturated rings. The third-order valence-electron chi connectivity index (χ3n) is 6.50. The molecule has 0 aliphatic carbocycles. The van der Waals surface area contributed by atoms with Gasteiger partial charge in [0.2, 0.25) is 0 Å². The SMILES string of the molecule is CCCCN(Cc1ccc(F)cc1Cl)Cc1c(-c2ccccc2)nc(-c2ccccc2)n1CCCC. The number of benzene rings is 3. The average Bonchev–Trinajstić information content (AvgIpc) is 3.26. The van der Waals surface area contributed by atoms with Gasteiger partial charge in [-0.1, -0.05) is 105 Å². The van der Waals surface area contributed by atoms with Crippen molar-refractivity contribution in [3.8, 4) is 22.6 Å². The fourth-order valence-corrected chi connectivity index (χ4v) is 4.76. The molecule has 0 atom stereocenters. The van der Waals surface area contributed by atoms with Gasteiger partial charge in [0, 0.05) is 35.8 Å². The summed E-state index contributed by atoms with van der Waals surface area (Å²) < 4.78 is 16.1. The van der Waals surface area contributed by atoms with E-state index >= 15 is 0 Å². The van der Waals surface area contributed by atoms with Gasteiger partial charge in [0.25, 0.3) is 0 Å². The number of hydrogen-bond acceptors (Lipinski definition) is 2. The molecular formula is C31H35ClFN3. The Kier molecular flexibility index (Phi) is 9.32. The monoisotopic (exact) mass is 503 g/mol. The molecular weight excluding hydrogens is 469 g/mol. The molecule has 3 aromatic carbocycles. The predicted molar refractivity (Wildman–Crippen MR) is 148 cm³/mol. The largest absolute Gasteiger partial charge is 0.326 e. The molecule has 3 nitrogen and oxygen atoms in total. The van der Waals surface area contributed by atoms with Crippen molar-refractivity contribution in [2.45, 2.75) is 59.2 Å². The van der Waals surface area contributed by atoms with Gasteiger partial charge in [0.1, 0.15) is 11.6 Å².